The molecule has 4 aromatic carbocycles. The molecule has 0 spiro atoms. The van der Waals surface area contributed by atoms with Gasteiger partial charge in [0.05, 0.1) is 58.7 Å². The number of nitrogens with one attached hydrogen (secondary N) is 2. The van der Waals surface area contributed by atoms with E-state index in [-0.39, 0.29) is 22.9 Å². The van der Waals surface area contributed by atoms with Crippen molar-refractivity contribution < 1.29 is 22.8 Å². The molecular weight excluding hydrogens is 1080 g/mol. The summed E-state index contributed by atoms with van der Waals surface area (Å²) >= 11 is 12.7. The minimum absolute atomic E-state index is 0.0187. The number of unbranched alkanes of at least 4 members (excludes halogenated alkanes) is 10. The van der Waals surface area contributed by atoms with Crippen molar-refractivity contribution in [1.82, 2.24) is 20.4 Å². The first kappa shape index (κ1) is 70.4. The van der Waals surface area contributed by atoms with Crippen molar-refractivity contribution in [2.75, 3.05) is 10.6 Å². The second kappa shape index (κ2) is 36.6. The Balaban J connectivity index is 0.000000430. The summed E-state index contributed by atoms with van der Waals surface area (Å²) in [6, 6.07) is 23.6. The van der Waals surface area contributed by atoms with Crippen LogP contribution in [-0.4, -0.2) is 46.0 Å². The predicted molar refractivity (Wildman–Crippen MR) is 329 cm³/mol. The molecule has 19 heteroatoms. The first-order chi connectivity index (χ1) is 38.6. The monoisotopic (exact) mass is 1160 g/mol. The van der Waals surface area contributed by atoms with Crippen LogP contribution in [0.1, 0.15) is 185 Å². The molecular formula is C62H84Cl2FN11O4Si. The maximum absolute atomic E-state index is 10.2. The molecule has 0 aliphatic heterocycles. The number of nitrogens with two attached hydrogens (primary N) is 1. The van der Waals surface area contributed by atoms with E-state index in [1.54, 1.807) is 80.6 Å². The van der Waals surface area contributed by atoms with Crippen molar-refractivity contribution in [2.24, 2.45) is 5.96 Å². The van der Waals surface area contributed by atoms with Gasteiger partial charge in [-0.1, -0.05) is 161 Å². The number of nitrogens with zero attached hydrogens (tertiary/aromatic N) is 8. The fourth-order valence-corrected chi connectivity index (χ4v) is 9.51. The molecule has 436 valence electrons. The van der Waals surface area contributed by atoms with Crippen molar-refractivity contribution >= 4 is 54.3 Å². The Morgan fingerprint density at radius 2 is 0.975 bits per heavy atom. The molecule has 0 aliphatic rings. The maximum Gasteiger partial charge on any atom is 0.247 e. The molecule has 81 heavy (non-hydrogen) atoms. The zero-order chi connectivity index (χ0) is 60.7. The quantitative estimate of drug-likeness (QED) is 0.0216. The molecule has 0 unspecified atom stereocenters. The van der Waals surface area contributed by atoms with Gasteiger partial charge in [-0.25, -0.2) is 9.69 Å². The Morgan fingerprint density at radius 1 is 0.630 bits per heavy atom. The number of nitriles is 2. The Hall–Kier alpha value is -6.67. The van der Waals surface area contributed by atoms with Gasteiger partial charge in [0.2, 0.25) is 34.9 Å². The Kier molecular flexibility index (Phi) is 31.9. The zero-order valence-electron chi connectivity index (χ0n) is 49.7. The predicted octanol–water partition coefficient (Wildman–Crippen LogP) is 18.9. The molecule has 2 heterocycles. The first-order valence-electron chi connectivity index (χ1n) is 27.8. The lowest BCUT2D eigenvalue weighted by Gasteiger charge is -2.40. The van der Waals surface area contributed by atoms with Gasteiger partial charge in [0.1, 0.15) is 12.1 Å². The third-order valence-corrected chi connectivity index (χ3v) is 19.2. The lowest BCUT2D eigenvalue weighted by molar-refractivity contribution is 0.159. The van der Waals surface area contributed by atoms with Crippen LogP contribution in [0.3, 0.4) is 0 Å². The molecule has 6 aromatic rings. The summed E-state index contributed by atoms with van der Waals surface area (Å²) in [6.45, 7) is 41.7. The third-order valence-electron chi connectivity index (χ3n) is 13.7. The summed E-state index contributed by atoms with van der Waals surface area (Å²) in [4.78, 5) is 6.85. The van der Waals surface area contributed by atoms with Crippen molar-refractivity contribution in [3.05, 3.63) is 140 Å². The Morgan fingerprint density at radius 3 is 1.28 bits per heavy atom. The summed E-state index contributed by atoms with van der Waals surface area (Å²) < 4.78 is 27.5. The number of anilines is 2. The topological polar surface area (TPSA) is 214 Å². The average molecular weight is 1170 g/mol. The smallest absolute Gasteiger partial charge is 0.247 e. The maximum atomic E-state index is 10.2. The van der Waals surface area contributed by atoms with Crippen LogP contribution in [0.5, 0.6) is 0 Å². The van der Waals surface area contributed by atoms with E-state index < -0.39 is 26.5 Å². The van der Waals surface area contributed by atoms with Crippen LogP contribution in [0, 0.1) is 49.7 Å². The van der Waals surface area contributed by atoms with Crippen molar-refractivity contribution in [3.8, 4) is 35.0 Å². The van der Waals surface area contributed by atoms with Gasteiger partial charge in [-0.05, 0) is 118 Å². The number of aliphatic hydroxyl groups excluding tert-OH is 1. The van der Waals surface area contributed by atoms with Crippen LogP contribution in [0.15, 0.2) is 81.6 Å². The number of aromatic nitrogens is 4. The normalized spacial score (nSPS) is 12.2. The van der Waals surface area contributed by atoms with E-state index in [2.05, 4.69) is 120 Å². The highest BCUT2D eigenvalue weighted by Gasteiger charge is 2.41. The summed E-state index contributed by atoms with van der Waals surface area (Å²) in [6.07, 6.45) is 15.8. The highest BCUT2D eigenvalue weighted by molar-refractivity contribution is 6.74. The SMILES string of the molecule is CCCCCCCC.CCCCCCCC.NF.[C-]#[N+]c1ccc(N[C@@H](c2nnc(-c3ccc(C#N)cc3)o2)[C@H](C)O)c(C)c1Cl.[C-]#[N+]c1ccc(N[C@@H](c2nnc(-c3ccc(C#N)cc3)o2)[C@H](C)O[Si](C)(C)C(C)(C)C)c(C)c1Cl. The lowest BCUT2D eigenvalue weighted by Crippen LogP contribution is -2.45. The van der Waals surface area contributed by atoms with E-state index in [9.17, 15) is 5.11 Å². The minimum atomic E-state index is -2.11. The minimum Gasteiger partial charge on any atom is -0.418 e. The Labute approximate surface area is 492 Å². The molecule has 0 aliphatic carbocycles. The second-order valence-electron chi connectivity index (χ2n) is 21.0. The molecule has 0 fully saturated rings. The van der Waals surface area contributed by atoms with Gasteiger partial charge in [-0.2, -0.15) is 16.5 Å². The lowest BCUT2D eigenvalue weighted by atomic mass is 10.1. The highest BCUT2D eigenvalue weighted by Crippen LogP contribution is 2.41. The average Bonchev–Trinajstić information content (AvgIpc) is 4.25. The van der Waals surface area contributed by atoms with E-state index in [0.717, 1.165) is 16.8 Å². The van der Waals surface area contributed by atoms with E-state index in [0.29, 0.717) is 61.1 Å². The van der Waals surface area contributed by atoms with Gasteiger partial charge in [0, 0.05) is 22.5 Å². The second-order valence-corrected chi connectivity index (χ2v) is 26.5. The number of hydrogen-bond donors (Lipinski definition) is 4. The summed E-state index contributed by atoms with van der Waals surface area (Å²) in [5.41, 5.74) is 6.10. The van der Waals surface area contributed by atoms with Gasteiger partial charge in [-0.15, -0.1) is 24.9 Å². The van der Waals surface area contributed by atoms with Gasteiger partial charge in [-0.3, -0.25) is 0 Å². The zero-order valence-corrected chi connectivity index (χ0v) is 52.2. The highest BCUT2D eigenvalue weighted by atomic mass is 35.5. The molecule has 2 aromatic heterocycles. The van der Waals surface area contributed by atoms with Crippen LogP contribution < -0.4 is 16.6 Å². The van der Waals surface area contributed by atoms with E-state index in [4.69, 9.17) is 64.6 Å². The Bertz CT molecular complexity index is 2950. The van der Waals surface area contributed by atoms with Gasteiger partial charge in [0.25, 0.3) is 0 Å². The van der Waals surface area contributed by atoms with Crippen LogP contribution in [0.4, 0.5) is 27.2 Å². The van der Waals surface area contributed by atoms with Crippen molar-refractivity contribution in [1.29, 1.82) is 10.5 Å². The number of benzene rings is 4. The summed E-state index contributed by atoms with van der Waals surface area (Å²) in [7, 11) is -2.11. The number of rotatable bonds is 22. The van der Waals surface area contributed by atoms with Crippen LogP contribution in [0.2, 0.25) is 28.2 Å². The number of halogens is 3. The van der Waals surface area contributed by atoms with Crippen LogP contribution in [0.25, 0.3) is 32.6 Å². The van der Waals surface area contributed by atoms with Crippen molar-refractivity contribution in [3.63, 3.8) is 0 Å². The third kappa shape index (κ3) is 22.3. The summed E-state index contributed by atoms with van der Waals surface area (Å²) in [5.74, 6) is 4.22. The molecule has 15 nitrogen and oxygen atoms in total. The fourth-order valence-electron chi connectivity index (χ4n) is 7.68. The fraction of sp³-hybridized carbons (Fsp3) is 0.484. The molecule has 0 saturated heterocycles. The molecule has 6 rings (SSSR count). The van der Waals surface area contributed by atoms with E-state index in [1.165, 1.54) is 77.0 Å². The molecule has 0 bridgehead atoms. The number of aliphatic hydroxyl groups is 1. The molecule has 4 atom stereocenters. The molecule has 0 radical (unpaired) electrons. The largest absolute Gasteiger partial charge is 0.418 e. The first-order valence-corrected chi connectivity index (χ1v) is 31.4. The molecule has 0 amide bonds. The van der Waals surface area contributed by atoms with E-state index in [1.807, 2.05) is 19.9 Å². The van der Waals surface area contributed by atoms with Crippen LogP contribution >= 0.6 is 23.2 Å². The standard InChI is InChI=1S/C26H30ClN5O2Si.C20H16ClN5O2.2C8H18.FH2N/c1-16-20(13-14-21(29-6)22(16)27)30-23(17(2)34-35(7,8)26(3,4)5)25-32-31-24(33-25)19-11-9-18(15-28)10-12-19;1-11-15(8-9-16(23-3)17(11)21)24-18(12(2)27)20-26-25-19(28-20)14-6-4-13(10-22)5-7-14;2*1-3-5-7-8-6-4-2;1-2/h9-14,17,23,30H,1-5,7-8H3;4-9,12,18,24,27H,1-2H3;2*3-8H2,1-2H3;2H2/t17-,23+;12-,18+;;;/m00.../s1. The molecule has 0 saturated carbocycles. The van der Waals surface area contributed by atoms with Gasteiger partial charge in [0.15, 0.2) is 8.32 Å². The molecule has 5 N–H and O–H groups in total. The number of hydrogen-bond acceptors (Lipinski definition) is 13. The van der Waals surface area contributed by atoms with Gasteiger partial charge >= 0.3 is 0 Å². The summed E-state index contributed by atoms with van der Waals surface area (Å²) in [5, 5.41) is 52.3. The van der Waals surface area contributed by atoms with E-state index >= 15 is 0 Å². The van der Waals surface area contributed by atoms with Gasteiger partial charge < -0.3 is 29.0 Å². The van der Waals surface area contributed by atoms with Crippen LogP contribution in [-0.2, 0) is 4.43 Å². The van der Waals surface area contributed by atoms with Crippen molar-refractivity contribution in [2.45, 2.75) is 196 Å².